The monoisotopic (exact) mass is 286 g/mol. The molecule has 1 atom stereocenters. The van der Waals surface area contributed by atoms with Crippen LogP contribution in [0.2, 0.25) is 0 Å². The smallest absolute Gasteiger partial charge is 0.0352 e. The molecular formula is C19H30N2. The van der Waals surface area contributed by atoms with E-state index in [9.17, 15) is 0 Å². The number of hydrogen-bond acceptors (Lipinski definition) is 2. The highest BCUT2D eigenvalue weighted by Gasteiger charge is 2.22. The molecule has 1 heterocycles. The molecule has 1 aliphatic rings. The van der Waals surface area contributed by atoms with Gasteiger partial charge in [0.2, 0.25) is 0 Å². The van der Waals surface area contributed by atoms with Crippen LogP contribution in [0.15, 0.2) is 36.9 Å². The third kappa shape index (κ3) is 4.42. The molecular weight excluding hydrogens is 256 g/mol. The van der Waals surface area contributed by atoms with E-state index in [1.54, 1.807) is 0 Å². The number of nitrogens with one attached hydrogen (secondary N) is 1. The van der Waals surface area contributed by atoms with Gasteiger partial charge < -0.3 is 5.32 Å². The first-order valence-corrected chi connectivity index (χ1v) is 8.18. The lowest BCUT2D eigenvalue weighted by Gasteiger charge is -2.35. The maximum Gasteiger partial charge on any atom is 0.0352 e. The first kappa shape index (κ1) is 16.3. The van der Waals surface area contributed by atoms with E-state index in [1.807, 2.05) is 6.08 Å². The largest absolute Gasteiger partial charge is 0.314 e. The molecule has 0 spiro atoms. The molecule has 116 valence electrons. The second-order valence-corrected chi connectivity index (χ2v) is 7.04. The molecule has 2 nitrogen and oxygen atoms in total. The van der Waals surface area contributed by atoms with E-state index in [-0.39, 0.29) is 5.41 Å². The Balaban J connectivity index is 2.17. The van der Waals surface area contributed by atoms with Crippen LogP contribution >= 0.6 is 0 Å². The first-order valence-electron chi connectivity index (χ1n) is 8.18. The Labute approximate surface area is 130 Å². The van der Waals surface area contributed by atoms with Crippen molar-refractivity contribution in [2.75, 3.05) is 26.2 Å². The van der Waals surface area contributed by atoms with Gasteiger partial charge in [-0.2, -0.15) is 0 Å². The van der Waals surface area contributed by atoms with Gasteiger partial charge in [-0.25, -0.2) is 0 Å². The molecule has 0 bridgehead atoms. The summed E-state index contributed by atoms with van der Waals surface area (Å²) in [6.45, 7) is 15.2. The molecule has 0 radical (unpaired) electrons. The highest BCUT2D eigenvalue weighted by Crippen LogP contribution is 2.29. The highest BCUT2D eigenvalue weighted by atomic mass is 15.2. The average molecular weight is 286 g/mol. The zero-order chi connectivity index (χ0) is 15.3. The van der Waals surface area contributed by atoms with E-state index < -0.39 is 0 Å². The lowest BCUT2D eigenvalue weighted by Crippen LogP contribution is -2.45. The average Bonchev–Trinajstić information content (AvgIpc) is 2.48. The van der Waals surface area contributed by atoms with Gasteiger partial charge in [0.05, 0.1) is 0 Å². The number of rotatable bonds is 5. The second-order valence-electron chi connectivity index (χ2n) is 7.04. The van der Waals surface area contributed by atoms with Gasteiger partial charge in [-0.1, -0.05) is 51.1 Å². The van der Waals surface area contributed by atoms with Crippen molar-refractivity contribution in [1.29, 1.82) is 0 Å². The number of piperazine rings is 1. The summed E-state index contributed by atoms with van der Waals surface area (Å²) in [5.74, 6) is 0. The van der Waals surface area contributed by atoms with Crippen LogP contribution < -0.4 is 5.32 Å². The summed E-state index contributed by atoms with van der Waals surface area (Å²) >= 11 is 0. The lowest BCUT2D eigenvalue weighted by atomic mass is 9.86. The predicted molar refractivity (Wildman–Crippen MR) is 91.8 cm³/mol. The van der Waals surface area contributed by atoms with Gasteiger partial charge in [0.25, 0.3) is 0 Å². The minimum atomic E-state index is 0.226. The Hall–Kier alpha value is -1.12. The molecule has 0 saturated carbocycles. The third-order valence-corrected chi connectivity index (χ3v) is 4.40. The second kappa shape index (κ2) is 7.24. The lowest BCUT2D eigenvalue weighted by molar-refractivity contribution is 0.166. The van der Waals surface area contributed by atoms with Crippen LogP contribution in [-0.2, 0) is 5.41 Å². The summed E-state index contributed by atoms with van der Waals surface area (Å²) in [6, 6.07) is 9.79. The van der Waals surface area contributed by atoms with Crippen molar-refractivity contribution in [2.24, 2.45) is 0 Å². The maximum atomic E-state index is 3.89. The van der Waals surface area contributed by atoms with Crippen LogP contribution in [0.4, 0.5) is 0 Å². The zero-order valence-electron chi connectivity index (χ0n) is 13.9. The van der Waals surface area contributed by atoms with Crippen LogP contribution in [0.5, 0.6) is 0 Å². The van der Waals surface area contributed by atoms with Crippen molar-refractivity contribution >= 4 is 0 Å². The summed E-state index contributed by atoms with van der Waals surface area (Å²) in [5, 5.41) is 3.44. The van der Waals surface area contributed by atoms with E-state index in [2.05, 4.69) is 61.8 Å². The number of benzene rings is 1. The topological polar surface area (TPSA) is 15.3 Å². The van der Waals surface area contributed by atoms with Gasteiger partial charge in [0.15, 0.2) is 0 Å². The van der Waals surface area contributed by atoms with Crippen molar-refractivity contribution < 1.29 is 0 Å². The van der Waals surface area contributed by atoms with Crippen molar-refractivity contribution in [3.05, 3.63) is 48.0 Å². The molecule has 21 heavy (non-hydrogen) atoms. The molecule has 1 aliphatic heterocycles. The van der Waals surface area contributed by atoms with E-state index in [0.717, 1.165) is 32.6 Å². The molecule has 2 heteroatoms. The molecule has 0 aromatic heterocycles. The summed E-state index contributed by atoms with van der Waals surface area (Å²) in [7, 11) is 0. The van der Waals surface area contributed by atoms with Crippen LogP contribution in [0.25, 0.3) is 0 Å². The Morgan fingerprint density at radius 2 is 1.81 bits per heavy atom. The number of nitrogens with zero attached hydrogens (tertiary/aromatic N) is 1. The summed E-state index contributed by atoms with van der Waals surface area (Å²) < 4.78 is 0. The molecule has 1 aromatic carbocycles. The van der Waals surface area contributed by atoms with E-state index >= 15 is 0 Å². The standard InChI is InChI=1S/C19H30N2/c1-5-6-7-18(21-14-12-20-13-15-21)16-8-10-17(11-9-16)19(2,3)4/h5,8-11,18,20H,1,6-7,12-15H2,2-4H3/t18-/m0/s1. The van der Waals surface area contributed by atoms with Gasteiger partial charge in [-0.3, -0.25) is 4.90 Å². The third-order valence-electron chi connectivity index (χ3n) is 4.40. The maximum absolute atomic E-state index is 3.89. The van der Waals surface area contributed by atoms with Crippen LogP contribution in [0.1, 0.15) is 50.8 Å². The van der Waals surface area contributed by atoms with Gasteiger partial charge >= 0.3 is 0 Å². The Morgan fingerprint density at radius 1 is 1.19 bits per heavy atom. The van der Waals surface area contributed by atoms with Gasteiger partial charge in [0, 0.05) is 32.2 Å². The van der Waals surface area contributed by atoms with Crippen molar-refractivity contribution in [1.82, 2.24) is 10.2 Å². The van der Waals surface area contributed by atoms with Gasteiger partial charge in [0.1, 0.15) is 0 Å². The van der Waals surface area contributed by atoms with Crippen molar-refractivity contribution in [3.63, 3.8) is 0 Å². The molecule has 1 N–H and O–H groups in total. The molecule has 0 amide bonds. The van der Waals surface area contributed by atoms with E-state index in [0.29, 0.717) is 6.04 Å². The fourth-order valence-electron chi connectivity index (χ4n) is 3.03. The Bertz CT molecular complexity index is 436. The quantitative estimate of drug-likeness (QED) is 0.826. The molecule has 2 rings (SSSR count). The van der Waals surface area contributed by atoms with Crippen molar-refractivity contribution in [3.8, 4) is 0 Å². The molecule has 1 fully saturated rings. The van der Waals surface area contributed by atoms with Crippen molar-refractivity contribution in [2.45, 2.75) is 45.1 Å². The SMILES string of the molecule is C=CCC[C@@H](c1ccc(C(C)(C)C)cc1)N1CCNCC1. The minimum Gasteiger partial charge on any atom is -0.314 e. The summed E-state index contributed by atoms with van der Waals surface area (Å²) in [5.41, 5.74) is 3.09. The Kier molecular flexibility index (Phi) is 5.60. The van der Waals surface area contributed by atoms with Gasteiger partial charge in [-0.05, 0) is 29.4 Å². The van der Waals surface area contributed by atoms with E-state index in [4.69, 9.17) is 0 Å². The Morgan fingerprint density at radius 3 is 2.33 bits per heavy atom. The predicted octanol–water partition coefficient (Wildman–Crippen LogP) is 3.90. The number of hydrogen-bond donors (Lipinski definition) is 1. The summed E-state index contributed by atoms with van der Waals surface area (Å²) in [4.78, 5) is 2.62. The highest BCUT2D eigenvalue weighted by molar-refractivity contribution is 5.29. The minimum absolute atomic E-state index is 0.226. The van der Waals surface area contributed by atoms with Crippen LogP contribution in [0, 0.1) is 0 Å². The first-order chi connectivity index (χ1) is 10.0. The van der Waals surface area contributed by atoms with Crippen LogP contribution in [0.3, 0.4) is 0 Å². The molecule has 1 saturated heterocycles. The molecule has 0 unspecified atom stereocenters. The van der Waals surface area contributed by atoms with Crippen LogP contribution in [-0.4, -0.2) is 31.1 Å². The molecule has 1 aromatic rings. The van der Waals surface area contributed by atoms with Gasteiger partial charge in [-0.15, -0.1) is 6.58 Å². The number of allylic oxidation sites excluding steroid dienone is 1. The normalized spacial score (nSPS) is 18.4. The fourth-order valence-corrected chi connectivity index (χ4v) is 3.03. The molecule has 0 aliphatic carbocycles. The zero-order valence-corrected chi connectivity index (χ0v) is 13.9. The summed E-state index contributed by atoms with van der Waals surface area (Å²) in [6.07, 6.45) is 4.28. The van der Waals surface area contributed by atoms with E-state index in [1.165, 1.54) is 17.5 Å². The fraction of sp³-hybridized carbons (Fsp3) is 0.579.